The summed E-state index contributed by atoms with van der Waals surface area (Å²) in [5, 5.41) is 17.3. The first kappa shape index (κ1) is 18.5. The van der Waals surface area contributed by atoms with E-state index in [0.717, 1.165) is 38.8 Å². The lowest BCUT2D eigenvalue weighted by Gasteiger charge is -2.32. The molecular formula is C17H29N5O2. The van der Waals surface area contributed by atoms with Gasteiger partial charge in [-0.1, -0.05) is 19.3 Å². The molecule has 0 unspecified atom stereocenters. The van der Waals surface area contributed by atoms with Gasteiger partial charge in [0, 0.05) is 31.7 Å². The molecule has 0 aromatic heterocycles. The zero-order valence-electron chi connectivity index (χ0n) is 14.4. The normalized spacial score (nSPS) is 20.1. The molecule has 134 valence electrons. The number of likely N-dealkylation sites (tertiary alicyclic amines) is 1. The Bertz CT molecular complexity index is 448. The molecule has 7 heteroatoms. The lowest BCUT2D eigenvalue weighted by Crippen LogP contribution is -2.51. The van der Waals surface area contributed by atoms with Crippen LogP contribution >= 0.6 is 0 Å². The van der Waals surface area contributed by atoms with E-state index < -0.39 is 0 Å². The van der Waals surface area contributed by atoms with E-state index >= 15 is 0 Å². The molecule has 2 aliphatic rings. The van der Waals surface area contributed by atoms with E-state index in [9.17, 15) is 9.59 Å². The van der Waals surface area contributed by atoms with Crippen LogP contribution in [0, 0.1) is 11.3 Å². The van der Waals surface area contributed by atoms with Crippen LogP contribution in [0.1, 0.15) is 51.4 Å². The minimum atomic E-state index is -0.0467. The first-order chi connectivity index (χ1) is 11.7. The van der Waals surface area contributed by atoms with Gasteiger partial charge in [-0.05, 0) is 25.7 Å². The summed E-state index contributed by atoms with van der Waals surface area (Å²) < 4.78 is 0. The van der Waals surface area contributed by atoms with E-state index in [4.69, 9.17) is 5.26 Å². The monoisotopic (exact) mass is 335 g/mol. The number of piperidine rings is 1. The van der Waals surface area contributed by atoms with E-state index in [1.54, 1.807) is 0 Å². The molecule has 2 fully saturated rings. The molecule has 1 saturated carbocycles. The highest BCUT2D eigenvalue weighted by Gasteiger charge is 2.23. The molecule has 7 nitrogen and oxygen atoms in total. The van der Waals surface area contributed by atoms with Gasteiger partial charge in [-0.3, -0.25) is 9.69 Å². The van der Waals surface area contributed by atoms with E-state index in [1.165, 1.54) is 19.3 Å². The van der Waals surface area contributed by atoms with Crippen LogP contribution in [-0.4, -0.2) is 55.1 Å². The summed E-state index contributed by atoms with van der Waals surface area (Å²) in [5.41, 5.74) is 0. The van der Waals surface area contributed by atoms with Gasteiger partial charge in [-0.15, -0.1) is 0 Å². The summed E-state index contributed by atoms with van der Waals surface area (Å²) in [6, 6.07) is 2.47. The van der Waals surface area contributed by atoms with E-state index in [2.05, 4.69) is 20.9 Å². The van der Waals surface area contributed by atoms with Crippen molar-refractivity contribution in [2.24, 2.45) is 0 Å². The maximum atomic E-state index is 12.1. The number of amides is 3. The molecule has 1 saturated heterocycles. The van der Waals surface area contributed by atoms with E-state index in [1.807, 2.05) is 6.07 Å². The Morgan fingerprint density at radius 3 is 2.25 bits per heavy atom. The van der Waals surface area contributed by atoms with Crippen LogP contribution in [0.3, 0.4) is 0 Å². The van der Waals surface area contributed by atoms with Gasteiger partial charge in [0.25, 0.3) is 0 Å². The van der Waals surface area contributed by atoms with Crippen molar-refractivity contribution in [3.63, 3.8) is 0 Å². The molecule has 0 bridgehead atoms. The number of carbonyl (C=O) groups is 2. The topological polar surface area (TPSA) is 97.3 Å². The number of urea groups is 1. The summed E-state index contributed by atoms with van der Waals surface area (Å²) in [6.07, 6.45) is 7.95. The molecule has 1 aliphatic carbocycles. The fourth-order valence-corrected chi connectivity index (χ4v) is 3.41. The van der Waals surface area contributed by atoms with Crippen molar-refractivity contribution in [1.82, 2.24) is 20.9 Å². The summed E-state index contributed by atoms with van der Waals surface area (Å²) in [7, 11) is 0. The van der Waals surface area contributed by atoms with Crippen molar-refractivity contribution in [3.05, 3.63) is 0 Å². The molecule has 0 radical (unpaired) electrons. The first-order valence-electron chi connectivity index (χ1n) is 9.10. The Balaban J connectivity index is 1.59. The highest BCUT2D eigenvalue weighted by molar-refractivity contribution is 5.78. The summed E-state index contributed by atoms with van der Waals surface area (Å²) >= 11 is 0. The minimum absolute atomic E-state index is 0.0355. The van der Waals surface area contributed by atoms with Crippen LogP contribution in [0.2, 0.25) is 0 Å². The zero-order valence-corrected chi connectivity index (χ0v) is 14.4. The number of rotatable bonds is 6. The van der Waals surface area contributed by atoms with Gasteiger partial charge < -0.3 is 16.0 Å². The Hall–Kier alpha value is -1.81. The minimum Gasteiger partial charge on any atom is -0.354 e. The van der Waals surface area contributed by atoms with Gasteiger partial charge in [0.15, 0.2) is 0 Å². The standard InChI is InChI=1S/C17H29N5O2/c18-9-4-10-19-16(23)13-22-11-7-15(8-12-22)21-17(24)20-14-5-2-1-3-6-14/h14-15H,1-8,10-13H2,(H,19,23)(H2,20,21,24). The van der Waals surface area contributed by atoms with Gasteiger partial charge in [-0.2, -0.15) is 5.26 Å². The molecule has 3 amide bonds. The average molecular weight is 335 g/mol. The largest absolute Gasteiger partial charge is 0.354 e. The van der Waals surface area contributed by atoms with E-state index in [0.29, 0.717) is 25.6 Å². The van der Waals surface area contributed by atoms with Crippen molar-refractivity contribution in [2.75, 3.05) is 26.2 Å². The van der Waals surface area contributed by atoms with Crippen LogP contribution in [-0.2, 0) is 4.79 Å². The Kier molecular flexibility index (Phi) is 7.83. The molecule has 1 aliphatic heterocycles. The van der Waals surface area contributed by atoms with Crippen molar-refractivity contribution in [1.29, 1.82) is 5.26 Å². The third-order valence-electron chi connectivity index (χ3n) is 4.79. The fourth-order valence-electron chi connectivity index (χ4n) is 3.41. The molecule has 2 rings (SSSR count). The average Bonchev–Trinajstić information content (AvgIpc) is 2.58. The predicted molar refractivity (Wildman–Crippen MR) is 91.2 cm³/mol. The molecule has 24 heavy (non-hydrogen) atoms. The van der Waals surface area contributed by atoms with Crippen molar-refractivity contribution < 1.29 is 9.59 Å². The second-order valence-corrected chi connectivity index (χ2v) is 6.76. The maximum absolute atomic E-state index is 12.1. The molecule has 0 atom stereocenters. The molecule has 1 heterocycles. The number of hydrogen-bond donors (Lipinski definition) is 3. The van der Waals surface area contributed by atoms with Crippen LogP contribution < -0.4 is 16.0 Å². The van der Waals surface area contributed by atoms with Gasteiger partial charge >= 0.3 is 6.03 Å². The SMILES string of the molecule is N#CCCNC(=O)CN1CCC(NC(=O)NC2CCCCC2)CC1. The number of nitrogens with zero attached hydrogens (tertiary/aromatic N) is 2. The lowest BCUT2D eigenvalue weighted by atomic mass is 9.96. The Morgan fingerprint density at radius 1 is 1.00 bits per heavy atom. The third kappa shape index (κ3) is 6.75. The lowest BCUT2D eigenvalue weighted by molar-refractivity contribution is -0.122. The smallest absolute Gasteiger partial charge is 0.315 e. The molecule has 0 aromatic rings. The molecule has 0 spiro atoms. The molecular weight excluding hydrogens is 306 g/mol. The fraction of sp³-hybridized carbons (Fsp3) is 0.824. The Morgan fingerprint density at radius 2 is 1.62 bits per heavy atom. The zero-order chi connectivity index (χ0) is 17.2. The van der Waals surface area contributed by atoms with Crippen LogP contribution in [0.4, 0.5) is 4.79 Å². The molecule has 3 N–H and O–H groups in total. The van der Waals surface area contributed by atoms with Crippen LogP contribution in [0.5, 0.6) is 0 Å². The highest BCUT2D eigenvalue weighted by Crippen LogP contribution is 2.17. The summed E-state index contributed by atoms with van der Waals surface area (Å²) in [4.78, 5) is 25.9. The predicted octanol–water partition coefficient (Wildman–Crippen LogP) is 1.11. The second kappa shape index (κ2) is 10.1. The Labute approximate surface area is 144 Å². The number of nitriles is 1. The number of hydrogen-bond acceptors (Lipinski definition) is 4. The first-order valence-corrected chi connectivity index (χ1v) is 9.10. The number of nitrogens with one attached hydrogen (secondary N) is 3. The van der Waals surface area contributed by atoms with Crippen molar-refractivity contribution >= 4 is 11.9 Å². The van der Waals surface area contributed by atoms with Crippen molar-refractivity contribution in [2.45, 2.75) is 63.5 Å². The molecule has 0 aromatic carbocycles. The quantitative estimate of drug-likeness (QED) is 0.634. The highest BCUT2D eigenvalue weighted by atomic mass is 16.2. The van der Waals surface area contributed by atoms with Gasteiger partial charge in [0.2, 0.25) is 5.91 Å². The maximum Gasteiger partial charge on any atom is 0.315 e. The van der Waals surface area contributed by atoms with Crippen LogP contribution in [0.25, 0.3) is 0 Å². The number of carbonyl (C=O) groups excluding carboxylic acids is 2. The summed E-state index contributed by atoms with van der Waals surface area (Å²) in [6.45, 7) is 2.39. The summed E-state index contributed by atoms with van der Waals surface area (Å²) in [5.74, 6) is -0.0355. The van der Waals surface area contributed by atoms with E-state index in [-0.39, 0.29) is 18.0 Å². The van der Waals surface area contributed by atoms with Gasteiger partial charge in [0.1, 0.15) is 0 Å². The van der Waals surface area contributed by atoms with Gasteiger partial charge in [0.05, 0.1) is 19.0 Å². The second-order valence-electron chi connectivity index (χ2n) is 6.76. The van der Waals surface area contributed by atoms with Crippen molar-refractivity contribution in [3.8, 4) is 6.07 Å². The third-order valence-corrected chi connectivity index (χ3v) is 4.79. The van der Waals surface area contributed by atoms with Crippen LogP contribution in [0.15, 0.2) is 0 Å². The van der Waals surface area contributed by atoms with Gasteiger partial charge in [-0.25, -0.2) is 4.79 Å².